The van der Waals surface area contributed by atoms with Gasteiger partial charge in [-0.25, -0.2) is 4.79 Å². The Hall–Kier alpha value is -3.81. The Balaban J connectivity index is 1.62. The van der Waals surface area contributed by atoms with Crippen LogP contribution in [0.15, 0.2) is 48.5 Å². The lowest BCUT2D eigenvalue weighted by Gasteiger charge is -2.05. The monoisotopic (exact) mass is 346 g/mol. The molecular weight excluding hydrogens is 332 g/mol. The van der Waals surface area contributed by atoms with Crippen molar-refractivity contribution < 1.29 is 9.90 Å². The zero-order valence-electron chi connectivity index (χ0n) is 13.8. The molecule has 0 amide bonds. The van der Waals surface area contributed by atoms with Gasteiger partial charge in [-0.1, -0.05) is 59.0 Å². The SMILES string of the molecule is Cc1nn[nH]c1-c1ccc(-c2ccc(-c3nn[nH]c3C(=O)O)cc2)cc1. The highest BCUT2D eigenvalue weighted by atomic mass is 16.4. The van der Waals surface area contributed by atoms with Crippen molar-refractivity contribution >= 4 is 5.97 Å². The quantitative estimate of drug-likeness (QED) is 0.522. The van der Waals surface area contributed by atoms with E-state index in [0.717, 1.165) is 28.1 Å². The third-order valence-corrected chi connectivity index (χ3v) is 4.15. The molecule has 26 heavy (non-hydrogen) atoms. The van der Waals surface area contributed by atoms with Crippen LogP contribution in [0.1, 0.15) is 16.2 Å². The Labute approximate surface area is 147 Å². The molecule has 4 rings (SSSR count). The third-order valence-electron chi connectivity index (χ3n) is 4.15. The number of carboxylic acid groups (broad SMARTS) is 1. The summed E-state index contributed by atoms with van der Waals surface area (Å²) in [6.45, 7) is 1.90. The molecule has 0 radical (unpaired) electrons. The van der Waals surface area contributed by atoms with Crippen LogP contribution < -0.4 is 0 Å². The first-order valence-corrected chi connectivity index (χ1v) is 7.86. The van der Waals surface area contributed by atoms with Gasteiger partial charge in [-0.2, -0.15) is 0 Å². The number of carboxylic acids is 1. The van der Waals surface area contributed by atoms with Gasteiger partial charge in [0.05, 0.1) is 11.4 Å². The van der Waals surface area contributed by atoms with Crippen LogP contribution in [0, 0.1) is 6.92 Å². The minimum atomic E-state index is -1.09. The van der Waals surface area contributed by atoms with Crippen molar-refractivity contribution in [1.29, 1.82) is 0 Å². The molecule has 0 aliphatic heterocycles. The number of rotatable bonds is 4. The zero-order valence-corrected chi connectivity index (χ0v) is 13.8. The summed E-state index contributed by atoms with van der Waals surface area (Å²) in [5, 5.41) is 29.6. The summed E-state index contributed by atoms with van der Waals surface area (Å²) < 4.78 is 0. The molecule has 0 saturated carbocycles. The van der Waals surface area contributed by atoms with Crippen LogP contribution in [0.2, 0.25) is 0 Å². The number of aromatic amines is 2. The van der Waals surface area contributed by atoms with Gasteiger partial charge in [0.1, 0.15) is 5.69 Å². The first-order valence-electron chi connectivity index (χ1n) is 7.86. The fourth-order valence-corrected chi connectivity index (χ4v) is 2.78. The van der Waals surface area contributed by atoms with E-state index in [0.29, 0.717) is 11.3 Å². The van der Waals surface area contributed by atoms with Gasteiger partial charge in [0, 0.05) is 11.1 Å². The molecule has 2 aromatic heterocycles. The molecule has 0 aliphatic rings. The molecule has 4 aromatic rings. The van der Waals surface area contributed by atoms with Gasteiger partial charge in [0.15, 0.2) is 5.69 Å². The summed E-state index contributed by atoms with van der Waals surface area (Å²) in [5.41, 5.74) is 5.82. The lowest BCUT2D eigenvalue weighted by atomic mass is 10.00. The number of hydrogen-bond acceptors (Lipinski definition) is 5. The topological polar surface area (TPSA) is 120 Å². The van der Waals surface area contributed by atoms with Crippen molar-refractivity contribution in [3.05, 3.63) is 59.9 Å². The van der Waals surface area contributed by atoms with Gasteiger partial charge in [0.2, 0.25) is 0 Å². The number of aromatic carboxylic acids is 1. The van der Waals surface area contributed by atoms with Crippen LogP contribution in [0.4, 0.5) is 0 Å². The lowest BCUT2D eigenvalue weighted by Crippen LogP contribution is -1.99. The van der Waals surface area contributed by atoms with E-state index in [9.17, 15) is 4.79 Å². The van der Waals surface area contributed by atoms with Crippen molar-refractivity contribution in [3.63, 3.8) is 0 Å². The normalized spacial score (nSPS) is 10.8. The number of aryl methyl sites for hydroxylation is 1. The molecule has 0 spiro atoms. The number of aromatic nitrogens is 6. The summed E-state index contributed by atoms with van der Waals surface area (Å²) in [5.74, 6) is -1.09. The summed E-state index contributed by atoms with van der Waals surface area (Å²) >= 11 is 0. The fraction of sp³-hybridized carbons (Fsp3) is 0.0556. The van der Waals surface area contributed by atoms with Gasteiger partial charge in [-0.3, -0.25) is 10.2 Å². The minimum Gasteiger partial charge on any atom is -0.476 e. The molecule has 128 valence electrons. The van der Waals surface area contributed by atoms with Crippen LogP contribution in [0.3, 0.4) is 0 Å². The largest absolute Gasteiger partial charge is 0.476 e. The van der Waals surface area contributed by atoms with Crippen molar-refractivity contribution in [1.82, 2.24) is 30.8 Å². The highest BCUT2D eigenvalue weighted by Crippen LogP contribution is 2.27. The Bertz CT molecular complexity index is 1060. The second-order valence-electron chi connectivity index (χ2n) is 5.77. The Morgan fingerprint density at radius 1 is 0.808 bits per heavy atom. The Kier molecular flexibility index (Phi) is 3.77. The van der Waals surface area contributed by atoms with Gasteiger partial charge in [-0.15, -0.1) is 10.2 Å². The van der Waals surface area contributed by atoms with E-state index in [1.807, 2.05) is 55.5 Å². The van der Waals surface area contributed by atoms with Crippen LogP contribution >= 0.6 is 0 Å². The van der Waals surface area contributed by atoms with E-state index < -0.39 is 5.97 Å². The molecule has 0 unspecified atom stereocenters. The average Bonchev–Trinajstić information content (AvgIpc) is 3.31. The average molecular weight is 346 g/mol. The number of hydrogen-bond donors (Lipinski definition) is 3. The van der Waals surface area contributed by atoms with E-state index in [4.69, 9.17) is 5.11 Å². The van der Waals surface area contributed by atoms with Gasteiger partial charge < -0.3 is 5.11 Å². The molecule has 8 nitrogen and oxygen atoms in total. The van der Waals surface area contributed by atoms with E-state index in [2.05, 4.69) is 30.8 Å². The minimum absolute atomic E-state index is 0.0226. The predicted molar refractivity (Wildman–Crippen MR) is 94.3 cm³/mol. The van der Waals surface area contributed by atoms with E-state index in [-0.39, 0.29) is 5.69 Å². The van der Waals surface area contributed by atoms with Crippen molar-refractivity contribution in [2.45, 2.75) is 6.92 Å². The maximum Gasteiger partial charge on any atom is 0.356 e. The summed E-state index contributed by atoms with van der Waals surface area (Å²) in [6.07, 6.45) is 0. The van der Waals surface area contributed by atoms with Crippen molar-refractivity contribution in [2.75, 3.05) is 0 Å². The Morgan fingerprint density at radius 2 is 1.35 bits per heavy atom. The third kappa shape index (κ3) is 2.73. The second-order valence-corrected chi connectivity index (χ2v) is 5.77. The number of nitrogens with one attached hydrogen (secondary N) is 2. The smallest absolute Gasteiger partial charge is 0.356 e. The summed E-state index contributed by atoms with van der Waals surface area (Å²) in [6, 6.07) is 15.6. The molecule has 0 saturated heterocycles. The van der Waals surface area contributed by atoms with Gasteiger partial charge in [-0.05, 0) is 18.1 Å². The lowest BCUT2D eigenvalue weighted by molar-refractivity contribution is 0.0691. The van der Waals surface area contributed by atoms with Gasteiger partial charge >= 0.3 is 5.97 Å². The number of H-pyrrole nitrogens is 2. The number of benzene rings is 2. The summed E-state index contributed by atoms with van der Waals surface area (Å²) in [7, 11) is 0. The van der Waals surface area contributed by atoms with Crippen LogP contribution in [0.25, 0.3) is 33.6 Å². The van der Waals surface area contributed by atoms with Crippen molar-refractivity contribution in [3.8, 4) is 33.6 Å². The molecule has 0 bridgehead atoms. The van der Waals surface area contributed by atoms with Crippen LogP contribution in [-0.4, -0.2) is 41.9 Å². The maximum absolute atomic E-state index is 11.2. The number of carbonyl (C=O) groups is 1. The van der Waals surface area contributed by atoms with E-state index in [1.165, 1.54) is 0 Å². The second kappa shape index (κ2) is 6.25. The standard InChI is InChI=1S/C18H14N6O2/c1-10-15(20-23-19-10)13-6-2-11(3-7-13)12-4-8-14(9-5-12)16-17(18(25)26)22-24-21-16/h2-9H,1H3,(H,25,26)(H,19,20,23)(H,21,22,24). The molecule has 0 fully saturated rings. The van der Waals surface area contributed by atoms with Gasteiger partial charge in [0.25, 0.3) is 0 Å². The molecule has 0 aliphatic carbocycles. The molecule has 0 atom stereocenters. The maximum atomic E-state index is 11.2. The first-order chi connectivity index (χ1) is 12.6. The molecular formula is C18H14N6O2. The first kappa shape index (κ1) is 15.7. The van der Waals surface area contributed by atoms with E-state index in [1.54, 1.807) is 0 Å². The van der Waals surface area contributed by atoms with Crippen molar-refractivity contribution in [2.24, 2.45) is 0 Å². The molecule has 3 N–H and O–H groups in total. The highest BCUT2D eigenvalue weighted by molar-refractivity contribution is 5.92. The molecule has 2 aromatic carbocycles. The highest BCUT2D eigenvalue weighted by Gasteiger charge is 2.16. The fourth-order valence-electron chi connectivity index (χ4n) is 2.78. The Morgan fingerprint density at radius 3 is 1.88 bits per heavy atom. The molecule has 2 heterocycles. The van der Waals surface area contributed by atoms with Crippen LogP contribution in [-0.2, 0) is 0 Å². The summed E-state index contributed by atoms with van der Waals surface area (Å²) in [4.78, 5) is 11.2. The van der Waals surface area contributed by atoms with Crippen LogP contribution in [0.5, 0.6) is 0 Å². The van der Waals surface area contributed by atoms with E-state index >= 15 is 0 Å². The number of nitrogens with zero attached hydrogens (tertiary/aromatic N) is 4. The predicted octanol–water partition coefficient (Wildman–Crippen LogP) is 2.93. The molecule has 8 heteroatoms. The zero-order chi connectivity index (χ0) is 18.1.